The summed E-state index contributed by atoms with van der Waals surface area (Å²) in [6, 6.07) is 11.5. The number of ether oxygens (including phenoxy) is 1. The number of sulfonamides is 1. The van der Waals surface area contributed by atoms with E-state index in [1.54, 1.807) is 43.5 Å². The van der Waals surface area contributed by atoms with Crippen LogP contribution in [0.1, 0.15) is 28.8 Å². The van der Waals surface area contributed by atoms with Crippen molar-refractivity contribution in [1.29, 1.82) is 0 Å². The van der Waals surface area contributed by atoms with E-state index in [0.29, 0.717) is 52.9 Å². The van der Waals surface area contributed by atoms with Gasteiger partial charge in [-0.25, -0.2) is 12.7 Å². The summed E-state index contributed by atoms with van der Waals surface area (Å²) in [5, 5.41) is 6.30. The zero-order valence-corrected chi connectivity index (χ0v) is 21.0. The van der Waals surface area contributed by atoms with Crippen LogP contribution in [-0.4, -0.2) is 57.9 Å². The lowest BCUT2D eigenvalue weighted by Gasteiger charge is -2.30. The topological polar surface area (TPSA) is 105 Å². The Kier molecular flexibility index (Phi) is 9.32. The molecule has 11 heteroatoms. The summed E-state index contributed by atoms with van der Waals surface area (Å²) in [5.74, 6) is -1.15. The van der Waals surface area contributed by atoms with Crippen molar-refractivity contribution < 1.29 is 22.7 Å². The smallest absolute Gasteiger partial charge is 0.253 e. The third-order valence-electron chi connectivity index (χ3n) is 5.59. The van der Waals surface area contributed by atoms with E-state index in [1.807, 2.05) is 0 Å². The Labute approximate surface area is 209 Å². The minimum atomic E-state index is -3.60. The molecule has 8 nitrogen and oxygen atoms in total. The Bertz CT molecular complexity index is 1140. The van der Waals surface area contributed by atoms with E-state index in [4.69, 9.17) is 27.9 Å². The van der Waals surface area contributed by atoms with E-state index in [-0.39, 0.29) is 36.6 Å². The van der Waals surface area contributed by atoms with Gasteiger partial charge in [0.15, 0.2) is 0 Å². The second-order valence-corrected chi connectivity index (χ2v) is 10.8. The van der Waals surface area contributed by atoms with Crippen molar-refractivity contribution >= 4 is 50.7 Å². The number of carbonyl (C=O) groups excluding carboxylic acids is 2. The molecule has 0 radical (unpaired) electrons. The zero-order chi connectivity index (χ0) is 24.7. The molecule has 0 atom stereocenters. The number of amides is 2. The highest BCUT2D eigenvalue weighted by atomic mass is 35.5. The molecule has 0 saturated carbocycles. The van der Waals surface area contributed by atoms with E-state index in [1.165, 1.54) is 10.4 Å². The lowest BCUT2D eigenvalue weighted by atomic mass is 9.97. The summed E-state index contributed by atoms with van der Waals surface area (Å²) in [6.07, 6.45) is 0.753. The number of nitrogens with zero attached hydrogens (tertiary/aromatic N) is 1. The quantitative estimate of drug-likeness (QED) is 0.485. The van der Waals surface area contributed by atoms with Gasteiger partial charge < -0.3 is 15.4 Å². The normalized spacial score (nSPS) is 15.1. The molecule has 1 aliphatic heterocycles. The minimum Gasteiger partial charge on any atom is -0.383 e. The van der Waals surface area contributed by atoms with Crippen LogP contribution in [0.3, 0.4) is 0 Å². The van der Waals surface area contributed by atoms with E-state index in [2.05, 4.69) is 10.6 Å². The van der Waals surface area contributed by atoms with Crippen LogP contribution in [0.25, 0.3) is 0 Å². The van der Waals surface area contributed by atoms with Crippen LogP contribution in [0.5, 0.6) is 0 Å². The first-order chi connectivity index (χ1) is 16.2. The summed E-state index contributed by atoms with van der Waals surface area (Å²) >= 11 is 12.0. The van der Waals surface area contributed by atoms with Crippen molar-refractivity contribution in [3.63, 3.8) is 0 Å². The van der Waals surface area contributed by atoms with Gasteiger partial charge in [-0.3, -0.25) is 9.59 Å². The summed E-state index contributed by atoms with van der Waals surface area (Å²) in [6.45, 7) is 1.19. The number of para-hydroxylation sites is 1. The Balaban J connectivity index is 1.58. The number of hydrogen-bond acceptors (Lipinski definition) is 5. The molecule has 0 aliphatic carbocycles. The van der Waals surface area contributed by atoms with Crippen molar-refractivity contribution in [2.75, 3.05) is 38.7 Å². The third-order valence-corrected chi connectivity index (χ3v) is 8.01. The number of halogens is 2. The SMILES string of the molecule is COCCNC(=O)c1ccccc1NC(=O)C1CCN(S(=O)(=O)Cc2ccc(Cl)cc2Cl)CC1. The highest BCUT2D eigenvalue weighted by Crippen LogP contribution is 2.27. The van der Waals surface area contributed by atoms with Gasteiger partial charge in [0.05, 0.1) is 23.6 Å². The van der Waals surface area contributed by atoms with Crippen molar-refractivity contribution in [3.8, 4) is 0 Å². The van der Waals surface area contributed by atoms with Gasteiger partial charge in [-0.15, -0.1) is 0 Å². The number of hydrogen-bond donors (Lipinski definition) is 2. The van der Waals surface area contributed by atoms with Crippen molar-refractivity contribution in [2.24, 2.45) is 5.92 Å². The lowest BCUT2D eigenvalue weighted by Crippen LogP contribution is -2.42. The molecule has 0 spiro atoms. The van der Waals surface area contributed by atoms with E-state index >= 15 is 0 Å². The van der Waals surface area contributed by atoms with Gasteiger partial charge in [-0.05, 0) is 42.7 Å². The van der Waals surface area contributed by atoms with Gasteiger partial charge in [0.2, 0.25) is 15.9 Å². The average Bonchev–Trinajstić information content (AvgIpc) is 2.81. The molecular weight excluding hydrogens is 501 g/mol. The molecule has 0 unspecified atom stereocenters. The second kappa shape index (κ2) is 12.0. The molecular formula is C23H27Cl2N3O5S. The summed E-state index contributed by atoms with van der Waals surface area (Å²) in [5.41, 5.74) is 1.24. The van der Waals surface area contributed by atoms with Gasteiger partial charge in [0, 0.05) is 42.7 Å². The summed E-state index contributed by atoms with van der Waals surface area (Å²) < 4.78 is 32.1. The summed E-state index contributed by atoms with van der Waals surface area (Å²) in [7, 11) is -2.05. The molecule has 2 amide bonds. The number of benzene rings is 2. The van der Waals surface area contributed by atoms with E-state index in [9.17, 15) is 18.0 Å². The first-order valence-corrected chi connectivity index (χ1v) is 13.2. The van der Waals surface area contributed by atoms with Crippen LogP contribution in [0.2, 0.25) is 10.0 Å². The molecule has 0 bridgehead atoms. The molecule has 184 valence electrons. The zero-order valence-electron chi connectivity index (χ0n) is 18.7. The van der Waals surface area contributed by atoms with Gasteiger partial charge in [0.25, 0.3) is 5.91 Å². The molecule has 2 aromatic rings. The maximum atomic E-state index is 12.9. The number of methoxy groups -OCH3 is 1. The minimum absolute atomic E-state index is 0.227. The lowest BCUT2D eigenvalue weighted by molar-refractivity contribution is -0.120. The Morgan fingerprint density at radius 1 is 1.12 bits per heavy atom. The summed E-state index contributed by atoms with van der Waals surface area (Å²) in [4.78, 5) is 25.3. The van der Waals surface area contributed by atoms with Crippen LogP contribution >= 0.6 is 23.2 Å². The molecule has 0 aromatic heterocycles. The van der Waals surface area contributed by atoms with Gasteiger partial charge >= 0.3 is 0 Å². The van der Waals surface area contributed by atoms with Crippen LogP contribution < -0.4 is 10.6 Å². The third kappa shape index (κ3) is 6.93. The molecule has 34 heavy (non-hydrogen) atoms. The monoisotopic (exact) mass is 527 g/mol. The maximum Gasteiger partial charge on any atom is 0.253 e. The van der Waals surface area contributed by atoms with E-state index < -0.39 is 10.0 Å². The van der Waals surface area contributed by atoms with Crippen LogP contribution in [0.15, 0.2) is 42.5 Å². The fraction of sp³-hybridized carbons (Fsp3) is 0.391. The molecule has 1 heterocycles. The van der Waals surface area contributed by atoms with Crippen LogP contribution in [-0.2, 0) is 25.3 Å². The predicted octanol–water partition coefficient (Wildman–Crippen LogP) is 3.55. The highest BCUT2D eigenvalue weighted by molar-refractivity contribution is 7.88. The molecule has 2 N–H and O–H groups in total. The Morgan fingerprint density at radius 2 is 1.82 bits per heavy atom. The van der Waals surface area contributed by atoms with E-state index in [0.717, 1.165) is 0 Å². The number of carbonyl (C=O) groups is 2. The first kappa shape index (κ1) is 26.4. The van der Waals surface area contributed by atoms with Gasteiger partial charge in [-0.2, -0.15) is 0 Å². The molecule has 1 saturated heterocycles. The average molecular weight is 528 g/mol. The molecule has 1 aliphatic rings. The van der Waals surface area contributed by atoms with Crippen molar-refractivity contribution in [2.45, 2.75) is 18.6 Å². The van der Waals surface area contributed by atoms with Crippen molar-refractivity contribution in [1.82, 2.24) is 9.62 Å². The predicted molar refractivity (Wildman–Crippen MR) is 133 cm³/mol. The van der Waals surface area contributed by atoms with Crippen LogP contribution in [0.4, 0.5) is 5.69 Å². The second-order valence-electron chi connectivity index (χ2n) is 7.95. The van der Waals surface area contributed by atoms with Crippen LogP contribution in [0, 0.1) is 5.92 Å². The highest BCUT2D eigenvalue weighted by Gasteiger charge is 2.32. The Hall–Kier alpha value is -2.17. The molecule has 3 rings (SSSR count). The number of rotatable bonds is 9. The maximum absolute atomic E-state index is 12.9. The largest absolute Gasteiger partial charge is 0.383 e. The molecule has 2 aromatic carbocycles. The van der Waals surface area contributed by atoms with Gasteiger partial charge in [-0.1, -0.05) is 41.4 Å². The van der Waals surface area contributed by atoms with Crippen molar-refractivity contribution in [3.05, 3.63) is 63.6 Å². The van der Waals surface area contributed by atoms with Gasteiger partial charge in [0.1, 0.15) is 0 Å². The number of nitrogens with one attached hydrogen (secondary N) is 2. The number of anilines is 1. The fourth-order valence-electron chi connectivity index (χ4n) is 3.71. The Morgan fingerprint density at radius 3 is 2.50 bits per heavy atom. The number of piperidine rings is 1. The molecule has 1 fully saturated rings. The standard InChI is InChI=1S/C23H27Cl2N3O5S/c1-33-13-10-26-23(30)19-4-2-3-5-21(19)27-22(29)16-8-11-28(12-9-16)34(31,32)15-17-6-7-18(24)14-20(17)25/h2-7,14,16H,8-13,15H2,1H3,(H,26,30)(H,27,29). The first-order valence-electron chi connectivity index (χ1n) is 10.8. The fourth-order valence-corrected chi connectivity index (χ4v) is 5.86.